The fourth-order valence-corrected chi connectivity index (χ4v) is 1.60. The summed E-state index contributed by atoms with van der Waals surface area (Å²) in [6.07, 6.45) is 8.36. The maximum Gasteiger partial charge on any atom is -0.00236 e. The molecule has 0 fully saturated rings. The second kappa shape index (κ2) is 9.05. The topological polar surface area (TPSA) is 12.0 Å². The molecule has 0 aromatic carbocycles. The summed E-state index contributed by atoms with van der Waals surface area (Å²) < 4.78 is 0. The molecule has 74 valence electrons. The molecule has 1 heteroatoms. The van der Waals surface area contributed by atoms with Crippen LogP contribution in [0, 0.1) is 5.92 Å². The van der Waals surface area contributed by atoms with Gasteiger partial charge in [0.05, 0.1) is 0 Å². The van der Waals surface area contributed by atoms with E-state index in [0.717, 1.165) is 5.92 Å². The van der Waals surface area contributed by atoms with Crippen molar-refractivity contribution < 1.29 is 0 Å². The molecule has 0 aliphatic heterocycles. The van der Waals surface area contributed by atoms with Crippen molar-refractivity contribution in [1.29, 1.82) is 0 Å². The second-order valence-corrected chi connectivity index (χ2v) is 3.68. The van der Waals surface area contributed by atoms with Gasteiger partial charge in [-0.15, -0.1) is 0 Å². The van der Waals surface area contributed by atoms with E-state index in [9.17, 15) is 0 Å². The van der Waals surface area contributed by atoms with Crippen LogP contribution in [0.3, 0.4) is 0 Å². The van der Waals surface area contributed by atoms with Crippen LogP contribution < -0.4 is 5.32 Å². The van der Waals surface area contributed by atoms with Gasteiger partial charge >= 0.3 is 0 Å². The standard InChI is InChI=1S/C11H25N/c1-4-6-7-8-9-11(5-2)10-12-3/h11-12H,4-10H2,1-3H3/t11-/m1/s1. The van der Waals surface area contributed by atoms with Gasteiger partial charge in [-0.3, -0.25) is 0 Å². The van der Waals surface area contributed by atoms with Crippen molar-refractivity contribution in [2.45, 2.75) is 52.4 Å². The normalized spacial score (nSPS) is 13.2. The molecule has 1 atom stereocenters. The van der Waals surface area contributed by atoms with Gasteiger partial charge in [-0.25, -0.2) is 0 Å². The first-order valence-electron chi connectivity index (χ1n) is 5.49. The third kappa shape index (κ3) is 6.66. The van der Waals surface area contributed by atoms with E-state index in [2.05, 4.69) is 26.2 Å². The number of nitrogens with one attached hydrogen (secondary N) is 1. The number of hydrogen-bond acceptors (Lipinski definition) is 1. The average molecular weight is 171 g/mol. The Labute approximate surface area is 77.9 Å². The second-order valence-electron chi connectivity index (χ2n) is 3.68. The minimum Gasteiger partial charge on any atom is -0.319 e. The molecular weight excluding hydrogens is 146 g/mol. The summed E-state index contributed by atoms with van der Waals surface area (Å²) >= 11 is 0. The number of unbranched alkanes of at least 4 members (excludes halogenated alkanes) is 3. The third-order valence-electron chi connectivity index (χ3n) is 2.54. The van der Waals surface area contributed by atoms with Gasteiger partial charge in [-0.2, -0.15) is 0 Å². The Hall–Kier alpha value is -0.0400. The van der Waals surface area contributed by atoms with E-state index >= 15 is 0 Å². The Morgan fingerprint density at radius 1 is 1.08 bits per heavy atom. The Morgan fingerprint density at radius 2 is 1.83 bits per heavy atom. The molecule has 0 aliphatic rings. The van der Waals surface area contributed by atoms with Gasteiger partial charge in [0.1, 0.15) is 0 Å². The van der Waals surface area contributed by atoms with Gasteiger partial charge < -0.3 is 5.32 Å². The Morgan fingerprint density at radius 3 is 2.33 bits per heavy atom. The molecule has 0 aromatic rings. The monoisotopic (exact) mass is 171 g/mol. The van der Waals surface area contributed by atoms with Gasteiger partial charge in [-0.05, 0) is 25.9 Å². The largest absolute Gasteiger partial charge is 0.319 e. The Bertz CT molecular complexity index is 81.1. The van der Waals surface area contributed by atoms with Crippen LogP contribution >= 0.6 is 0 Å². The molecule has 0 amide bonds. The third-order valence-corrected chi connectivity index (χ3v) is 2.54. The molecule has 0 saturated carbocycles. The molecule has 0 aliphatic carbocycles. The molecule has 0 heterocycles. The van der Waals surface area contributed by atoms with Crippen molar-refractivity contribution in [3.63, 3.8) is 0 Å². The van der Waals surface area contributed by atoms with Crippen LogP contribution in [0.2, 0.25) is 0 Å². The predicted octanol–water partition coefficient (Wildman–Crippen LogP) is 3.20. The first-order chi connectivity index (χ1) is 5.85. The molecule has 1 nitrogen and oxygen atoms in total. The summed E-state index contributed by atoms with van der Waals surface area (Å²) in [6.45, 7) is 5.76. The van der Waals surface area contributed by atoms with Gasteiger partial charge in [0.2, 0.25) is 0 Å². The van der Waals surface area contributed by atoms with E-state index in [1.165, 1.54) is 45.1 Å². The van der Waals surface area contributed by atoms with Gasteiger partial charge in [0.15, 0.2) is 0 Å². The Kier molecular flexibility index (Phi) is 9.02. The SMILES string of the molecule is CCCCCC[C@@H](CC)CNC. The maximum atomic E-state index is 3.26. The molecule has 0 unspecified atom stereocenters. The molecule has 1 N–H and O–H groups in total. The number of hydrogen-bond donors (Lipinski definition) is 1. The van der Waals surface area contributed by atoms with Gasteiger partial charge in [-0.1, -0.05) is 46.0 Å². The van der Waals surface area contributed by atoms with Crippen LogP contribution in [-0.2, 0) is 0 Å². The minimum atomic E-state index is 0.909. The van der Waals surface area contributed by atoms with Crippen molar-refractivity contribution in [3.05, 3.63) is 0 Å². The van der Waals surface area contributed by atoms with Crippen LogP contribution in [-0.4, -0.2) is 13.6 Å². The highest BCUT2D eigenvalue weighted by molar-refractivity contribution is 4.59. The van der Waals surface area contributed by atoms with Crippen LogP contribution in [0.1, 0.15) is 52.4 Å². The van der Waals surface area contributed by atoms with E-state index in [4.69, 9.17) is 0 Å². The van der Waals surface area contributed by atoms with Crippen LogP contribution in [0.25, 0.3) is 0 Å². The molecule has 0 aromatic heterocycles. The molecule has 0 radical (unpaired) electrons. The Balaban J connectivity index is 3.19. The van der Waals surface area contributed by atoms with Crippen molar-refractivity contribution in [2.24, 2.45) is 5.92 Å². The summed E-state index contributed by atoms with van der Waals surface area (Å²) in [7, 11) is 2.05. The van der Waals surface area contributed by atoms with E-state index in [1.807, 2.05) is 0 Å². The molecule has 12 heavy (non-hydrogen) atoms. The summed E-state index contributed by atoms with van der Waals surface area (Å²) in [5.74, 6) is 0.909. The van der Waals surface area contributed by atoms with E-state index in [1.54, 1.807) is 0 Å². The van der Waals surface area contributed by atoms with Crippen molar-refractivity contribution in [3.8, 4) is 0 Å². The predicted molar refractivity (Wildman–Crippen MR) is 56.5 cm³/mol. The van der Waals surface area contributed by atoms with Gasteiger partial charge in [0.25, 0.3) is 0 Å². The minimum absolute atomic E-state index is 0.909. The molecule has 0 spiro atoms. The van der Waals surface area contributed by atoms with Crippen molar-refractivity contribution in [2.75, 3.05) is 13.6 Å². The lowest BCUT2D eigenvalue weighted by molar-refractivity contribution is 0.426. The van der Waals surface area contributed by atoms with E-state index in [0.29, 0.717) is 0 Å². The van der Waals surface area contributed by atoms with E-state index in [-0.39, 0.29) is 0 Å². The lowest BCUT2D eigenvalue weighted by atomic mass is 9.98. The zero-order valence-electron chi connectivity index (χ0n) is 9.03. The highest BCUT2D eigenvalue weighted by atomic mass is 14.8. The summed E-state index contributed by atoms with van der Waals surface area (Å²) in [5.41, 5.74) is 0. The summed E-state index contributed by atoms with van der Waals surface area (Å²) in [6, 6.07) is 0. The maximum absolute atomic E-state index is 3.26. The lowest BCUT2D eigenvalue weighted by Crippen LogP contribution is -2.18. The van der Waals surface area contributed by atoms with Crippen molar-refractivity contribution in [1.82, 2.24) is 5.32 Å². The van der Waals surface area contributed by atoms with Crippen molar-refractivity contribution >= 4 is 0 Å². The molecule has 0 saturated heterocycles. The summed E-state index contributed by atoms with van der Waals surface area (Å²) in [5, 5.41) is 3.26. The first-order valence-corrected chi connectivity index (χ1v) is 5.49. The van der Waals surface area contributed by atoms with Crippen LogP contribution in [0.5, 0.6) is 0 Å². The lowest BCUT2D eigenvalue weighted by Gasteiger charge is -2.13. The first kappa shape index (κ1) is 12.0. The van der Waals surface area contributed by atoms with Gasteiger partial charge in [0, 0.05) is 0 Å². The smallest absolute Gasteiger partial charge is 0.00236 e. The van der Waals surface area contributed by atoms with E-state index < -0.39 is 0 Å². The highest BCUT2D eigenvalue weighted by Crippen LogP contribution is 2.12. The molecule has 0 rings (SSSR count). The highest BCUT2D eigenvalue weighted by Gasteiger charge is 2.03. The quantitative estimate of drug-likeness (QED) is 0.553. The van der Waals surface area contributed by atoms with Crippen LogP contribution in [0.15, 0.2) is 0 Å². The van der Waals surface area contributed by atoms with Crippen LogP contribution in [0.4, 0.5) is 0 Å². The summed E-state index contributed by atoms with van der Waals surface area (Å²) in [4.78, 5) is 0. The zero-order valence-corrected chi connectivity index (χ0v) is 9.03. The molecular formula is C11H25N. The molecule has 0 bridgehead atoms. The fraction of sp³-hybridized carbons (Fsp3) is 1.00. The fourth-order valence-electron chi connectivity index (χ4n) is 1.60. The zero-order chi connectivity index (χ0) is 9.23. The average Bonchev–Trinajstić information content (AvgIpc) is 2.10. The number of rotatable bonds is 8.